The van der Waals surface area contributed by atoms with Gasteiger partial charge in [0.2, 0.25) is 5.91 Å². The summed E-state index contributed by atoms with van der Waals surface area (Å²) in [6.07, 6.45) is 3.52. The maximum absolute atomic E-state index is 11.9. The predicted octanol–water partition coefficient (Wildman–Crippen LogP) is 3.92. The van der Waals surface area contributed by atoms with Gasteiger partial charge in [-0.25, -0.2) is 0 Å². The highest BCUT2D eigenvalue weighted by Gasteiger charge is 2.05. The quantitative estimate of drug-likeness (QED) is 0.283. The molecule has 0 fully saturated rings. The molecule has 0 aliphatic carbocycles. The molecule has 8 heteroatoms. The Morgan fingerprint density at radius 1 is 1.03 bits per heavy atom. The van der Waals surface area contributed by atoms with Crippen molar-refractivity contribution in [2.24, 2.45) is 0 Å². The molecule has 0 radical (unpaired) electrons. The van der Waals surface area contributed by atoms with Crippen LogP contribution in [-0.4, -0.2) is 35.5 Å². The molecule has 156 valence electrons. The number of carbonyl (C=O) groups is 1. The first-order valence-electron chi connectivity index (χ1n) is 9.85. The van der Waals surface area contributed by atoms with Gasteiger partial charge in [0.05, 0.1) is 11.5 Å². The molecule has 0 saturated carbocycles. The number of fused-ring (bicyclic) bond motifs is 1. The van der Waals surface area contributed by atoms with E-state index in [0.717, 1.165) is 22.3 Å². The van der Waals surface area contributed by atoms with Crippen molar-refractivity contribution in [2.75, 3.05) is 25.0 Å². The number of nitrogens with zero attached hydrogens (tertiary/aromatic N) is 2. The lowest BCUT2D eigenvalue weighted by atomic mass is 10.2. The number of carbonyl (C=O) groups excluding carboxylic acids is 1. The van der Waals surface area contributed by atoms with E-state index < -0.39 is 4.92 Å². The second-order valence-electron chi connectivity index (χ2n) is 6.72. The molecule has 0 aliphatic rings. The van der Waals surface area contributed by atoms with E-state index >= 15 is 0 Å². The van der Waals surface area contributed by atoms with Gasteiger partial charge in [0.25, 0.3) is 5.69 Å². The molecule has 3 rings (SSSR count). The lowest BCUT2D eigenvalue weighted by Crippen LogP contribution is -2.25. The molecule has 0 saturated heterocycles. The fraction of sp³-hybridized carbons (Fsp3) is 0.273. The summed E-state index contributed by atoms with van der Waals surface area (Å²) in [7, 11) is 0. The Morgan fingerprint density at radius 3 is 2.63 bits per heavy atom. The summed E-state index contributed by atoms with van der Waals surface area (Å²) in [6, 6.07) is 15.9. The number of aromatic nitrogens is 1. The molecule has 2 aromatic carbocycles. The van der Waals surface area contributed by atoms with Crippen LogP contribution >= 0.6 is 0 Å². The van der Waals surface area contributed by atoms with Crippen LogP contribution in [0.5, 0.6) is 5.75 Å². The van der Waals surface area contributed by atoms with E-state index in [4.69, 9.17) is 4.74 Å². The number of nitro groups is 1. The Bertz CT molecular complexity index is 987. The Hall–Kier alpha value is -3.68. The van der Waals surface area contributed by atoms with E-state index in [1.165, 1.54) is 12.1 Å². The first-order valence-corrected chi connectivity index (χ1v) is 9.85. The van der Waals surface area contributed by atoms with Crippen LogP contribution in [0.3, 0.4) is 0 Å². The smallest absolute Gasteiger partial charge is 0.269 e. The van der Waals surface area contributed by atoms with Gasteiger partial charge < -0.3 is 15.4 Å². The highest BCUT2D eigenvalue weighted by atomic mass is 16.6. The van der Waals surface area contributed by atoms with E-state index in [1.807, 2.05) is 30.3 Å². The average molecular weight is 408 g/mol. The number of pyridine rings is 1. The molecule has 3 aromatic rings. The zero-order valence-electron chi connectivity index (χ0n) is 16.5. The van der Waals surface area contributed by atoms with Gasteiger partial charge in [-0.05, 0) is 37.1 Å². The third-order valence-corrected chi connectivity index (χ3v) is 4.48. The van der Waals surface area contributed by atoms with Crippen LogP contribution in [0, 0.1) is 10.1 Å². The molecule has 1 heterocycles. The molecule has 2 N–H and O–H groups in total. The monoisotopic (exact) mass is 408 g/mol. The van der Waals surface area contributed by atoms with Crippen molar-refractivity contribution in [1.82, 2.24) is 10.3 Å². The standard InChI is InChI=1S/C22H24N4O4/c27-21(8-3-13-23-18-9-11-19(12-10-18)26(28)29)24-15-4-16-30-20-7-1-5-17-6-2-14-25-22(17)20/h1-2,5-7,9-12,14,23H,3-4,8,13,15-16H2,(H,24,27). The molecule has 0 atom stereocenters. The van der Waals surface area contributed by atoms with Crippen LogP contribution in [0.4, 0.5) is 11.4 Å². The Morgan fingerprint density at radius 2 is 1.83 bits per heavy atom. The highest BCUT2D eigenvalue weighted by Crippen LogP contribution is 2.22. The molecule has 0 spiro atoms. The van der Waals surface area contributed by atoms with Gasteiger partial charge in [-0.15, -0.1) is 0 Å². The van der Waals surface area contributed by atoms with E-state index in [-0.39, 0.29) is 11.6 Å². The number of hydrogen-bond donors (Lipinski definition) is 2. The Balaban J connectivity index is 1.27. The van der Waals surface area contributed by atoms with Gasteiger partial charge in [0, 0.05) is 48.9 Å². The summed E-state index contributed by atoms with van der Waals surface area (Å²) in [4.78, 5) is 26.5. The highest BCUT2D eigenvalue weighted by molar-refractivity contribution is 5.84. The lowest BCUT2D eigenvalue weighted by molar-refractivity contribution is -0.384. The first kappa shape index (κ1) is 21.0. The Labute approximate surface area is 174 Å². The minimum absolute atomic E-state index is 0.00710. The predicted molar refractivity (Wildman–Crippen MR) is 116 cm³/mol. The topological polar surface area (TPSA) is 106 Å². The molecule has 0 bridgehead atoms. The number of hydrogen-bond acceptors (Lipinski definition) is 6. The summed E-state index contributed by atoms with van der Waals surface area (Å²) >= 11 is 0. The maximum Gasteiger partial charge on any atom is 0.269 e. The Kier molecular flexibility index (Phi) is 7.54. The zero-order valence-corrected chi connectivity index (χ0v) is 16.5. The van der Waals surface area contributed by atoms with Gasteiger partial charge >= 0.3 is 0 Å². The summed E-state index contributed by atoms with van der Waals surface area (Å²) in [5, 5.41) is 17.7. The van der Waals surface area contributed by atoms with Gasteiger partial charge in [-0.3, -0.25) is 19.9 Å². The van der Waals surface area contributed by atoms with Gasteiger partial charge in [-0.2, -0.15) is 0 Å². The normalized spacial score (nSPS) is 10.5. The number of rotatable bonds is 11. The van der Waals surface area contributed by atoms with E-state index in [0.29, 0.717) is 39.0 Å². The molecular weight excluding hydrogens is 384 g/mol. The molecule has 8 nitrogen and oxygen atoms in total. The number of non-ortho nitro benzene ring substituents is 1. The summed E-state index contributed by atoms with van der Waals surface area (Å²) < 4.78 is 5.81. The van der Waals surface area contributed by atoms with Crippen molar-refractivity contribution in [3.63, 3.8) is 0 Å². The summed E-state index contributed by atoms with van der Waals surface area (Å²) in [6.45, 7) is 1.66. The van der Waals surface area contributed by atoms with E-state index in [2.05, 4.69) is 15.6 Å². The van der Waals surface area contributed by atoms with E-state index in [9.17, 15) is 14.9 Å². The van der Waals surface area contributed by atoms with Crippen molar-refractivity contribution in [3.05, 3.63) is 70.9 Å². The van der Waals surface area contributed by atoms with Crippen LogP contribution in [0.15, 0.2) is 60.8 Å². The first-order chi connectivity index (χ1) is 14.6. The second-order valence-corrected chi connectivity index (χ2v) is 6.72. The van der Waals surface area contributed by atoms with Crippen LogP contribution < -0.4 is 15.4 Å². The SMILES string of the molecule is O=C(CCCNc1ccc([N+](=O)[O-])cc1)NCCCOc1cccc2cccnc12. The molecule has 0 unspecified atom stereocenters. The van der Waals surface area contributed by atoms with Crippen molar-refractivity contribution in [1.29, 1.82) is 0 Å². The largest absolute Gasteiger partial charge is 0.491 e. The number of ether oxygens (including phenoxy) is 1. The number of nitro benzene ring substituents is 1. The minimum atomic E-state index is -0.432. The zero-order chi connectivity index (χ0) is 21.2. The molecule has 1 amide bonds. The van der Waals surface area contributed by atoms with Gasteiger partial charge in [0.1, 0.15) is 11.3 Å². The summed E-state index contributed by atoms with van der Waals surface area (Å²) in [5.74, 6) is 0.740. The molecule has 30 heavy (non-hydrogen) atoms. The van der Waals surface area contributed by atoms with Gasteiger partial charge in [0.15, 0.2) is 0 Å². The van der Waals surface area contributed by atoms with E-state index in [1.54, 1.807) is 18.3 Å². The molecular formula is C22H24N4O4. The van der Waals surface area contributed by atoms with Crippen molar-refractivity contribution >= 4 is 28.2 Å². The van der Waals surface area contributed by atoms with Crippen LogP contribution in [0.25, 0.3) is 10.9 Å². The third kappa shape index (κ3) is 6.16. The van der Waals surface area contributed by atoms with Crippen molar-refractivity contribution in [2.45, 2.75) is 19.3 Å². The van der Waals surface area contributed by atoms with Crippen molar-refractivity contribution in [3.8, 4) is 5.75 Å². The van der Waals surface area contributed by atoms with Gasteiger partial charge in [-0.1, -0.05) is 18.2 Å². The van der Waals surface area contributed by atoms with Crippen LogP contribution in [0.1, 0.15) is 19.3 Å². The number of amides is 1. The second kappa shape index (κ2) is 10.8. The molecule has 0 aliphatic heterocycles. The van der Waals surface area contributed by atoms with Crippen LogP contribution in [-0.2, 0) is 4.79 Å². The third-order valence-electron chi connectivity index (χ3n) is 4.48. The number of benzene rings is 2. The molecule has 1 aromatic heterocycles. The fourth-order valence-corrected chi connectivity index (χ4v) is 2.95. The number of nitrogens with one attached hydrogen (secondary N) is 2. The maximum atomic E-state index is 11.9. The number of anilines is 1. The number of para-hydroxylation sites is 1. The minimum Gasteiger partial charge on any atom is -0.491 e. The fourth-order valence-electron chi connectivity index (χ4n) is 2.95. The average Bonchev–Trinajstić information content (AvgIpc) is 2.77. The summed E-state index contributed by atoms with van der Waals surface area (Å²) in [5.41, 5.74) is 1.69. The van der Waals surface area contributed by atoms with Crippen LogP contribution in [0.2, 0.25) is 0 Å². The lowest BCUT2D eigenvalue weighted by Gasteiger charge is -2.09. The van der Waals surface area contributed by atoms with Crippen molar-refractivity contribution < 1.29 is 14.5 Å².